The molecule has 6 nitrogen and oxygen atoms in total. The molecule has 0 amide bonds. The van der Waals surface area contributed by atoms with Gasteiger partial charge in [0.05, 0.1) is 19.4 Å². The van der Waals surface area contributed by atoms with Crippen molar-refractivity contribution in [2.24, 2.45) is 0 Å². The first-order chi connectivity index (χ1) is 8.10. The van der Waals surface area contributed by atoms with Crippen molar-refractivity contribution in [3.05, 3.63) is 0 Å². The first kappa shape index (κ1) is 17.3. The molecule has 7 heteroatoms. The summed E-state index contributed by atoms with van der Waals surface area (Å²) in [6.45, 7) is 6.39. The summed E-state index contributed by atoms with van der Waals surface area (Å²) in [5.74, 6) is -0.296. The molecule has 0 rings (SSSR count). The lowest BCUT2D eigenvalue weighted by molar-refractivity contribution is -0.153. The van der Waals surface area contributed by atoms with Crippen LogP contribution in [-0.2, 0) is 23.8 Å². The fourth-order valence-electron chi connectivity index (χ4n) is 1.13. The number of unbranched alkanes of at least 4 members (excludes halogenated alkanes) is 1. The van der Waals surface area contributed by atoms with Gasteiger partial charge in [0.2, 0.25) is 0 Å². The quantitative estimate of drug-likeness (QED) is 0.400. The molecule has 0 aliphatic heterocycles. The maximum atomic E-state index is 11.3. The largest absolute Gasteiger partial charge is 0.459 e. The van der Waals surface area contributed by atoms with Gasteiger partial charge in [-0.15, -0.1) is 0 Å². The van der Waals surface area contributed by atoms with Crippen molar-refractivity contribution < 1.29 is 22.1 Å². The fourth-order valence-corrected chi connectivity index (χ4v) is 1.55. The number of ether oxygens (including phenoxy) is 1. The predicted octanol–water partition coefficient (Wildman–Crippen LogP) is 0.674. The molecule has 0 saturated carbocycles. The van der Waals surface area contributed by atoms with Crippen LogP contribution in [0.3, 0.4) is 0 Å². The van der Waals surface area contributed by atoms with Crippen LogP contribution < -0.4 is 5.32 Å². The molecule has 0 bridgehead atoms. The summed E-state index contributed by atoms with van der Waals surface area (Å²) in [7, 11) is -3.35. The molecular weight excluding hydrogens is 258 g/mol. The minimum Gasteiger partial charge on any atom is -0.459 e. The Labute approximate surface area is 109 Å². The number of esters is 1. The van der Waals surface area contributed by atoms with Gasteiger partial charge in [0.1, 0.15) is 5.60 Å². The van der Waals surface area contributed by atoms with Gasteiger partial charge >= 0.3 is 5.97 Å². The van der Waals surface area contributed by atoms with E-state index in [0.29, 0.717) is 13.0 Å². The zero-order chi connectivity index (χ0) is 14.2. The highest BCUT2D eigenvalue weighted by Crippen LogP contribution is 2.06. The van der Waals surface area contributed by atoms with E-state index in [9.17, 15) is 13.2 Å². The van der Waals surface area contributed by atoms with Crippen LogP contribution in [0, 0.1) is 0 Å². The zero-order valence-electron chi connectivity index (χ0n) is 11.5. The monoisotopic (exact) mass is 281 g/mol. The van der Waals surface area contributed by atoms with Gasteiger partial charge in [0, 0.05) is 0 Å². The maximum Gasteiger partial charge on any atom is 0.320 e. The molecule has 0 radical (unpaired) electrons. The van der Waals surface area contributed by atoms with E-state index in [0.717, 1.165) is 12.7 Å². The van der Waals surface area contributed by atoms with Gasteiger partial charge in [0.25, 0.3) is 10.1 Å². The molecular formula is C11H23NO5S. The Morgan fingerprint density at radius 1 is 1.22 bits per heavy atom. The average molecular weight is 281 g/mol. The Bertz CT molecular complexity index is 345. The topological polar surface area (TPSA) is 81.7 Å². The van der Waals surface area contributed by atoms with E-state index in [1.54, 1.807) is 0 Å². The fraction of sp³-hybridized carbons (Fsp3) is 0.909. The van der Waals surface area contributed by atoms with Crippen molar-refractivity contribution in [2.45, 2.75) is 39.2 Å². The van der Waals surface area contributed by atoms with E-state index >= 15 is 0 Å². The predicted molar refractivity (Wildman–Crippen MR) is 68.7 cm³/mol. The van der Waals surface area contributed by atoms with Crippen LogP contribution in [0.25, 0.3) is 0 Å². The van der Waals surface area contributed by atoms with E-state index < -0.39 is 15.7 Å². The van der Waals surface area contributed by atoms with Crippen molar-refractivity contribution >= 4 is 16.1 Å². The molecule has 0 saturated heterocycles. The highest BCUT2D eigenvalue weighted by Gasteiger charge is 2.15. The minimum atomic E-state index is -3.35. The summed E-state index contributed by atoms with van der Waals surface area (Å²) in [6.07, 6.45) is 2.38. The number of nitrogens with one attached hydrogen (secondary N) is 1. The van der Waals surface area contributed by atoms with E-state index in [4.69, 9.17) is 4.74 Å². The van der Waals surface area contributed by atoms with Gasteiger partial charge in [-0.3, -0.25) is 8.98 Å². The van der Waals surface area contributed by atoms with E-state index in [1.165, 1.54) is 0 Å². The molecule has 0 aromatic heterocycles. The first-order valence-corrected chi connectivity index (χ1v) is 7.69. The Morgan fingerprint density at radius 2 is 1.83 bits per heavy atom. The summed E-state index contributed by atoms with van der Waals surface area (Å²) in [5, 5.41) is 2.93. The summed E-state index contributed by atoms with van der Waals surface area (Å²) in [4.78, 5) is 11.3. The Hall–Kier alpha value is -0.660. The molecule has 0 aliphatic rings. The molecule has 0 atom stereocenters. The lowest BCUT2D eigenvalue weighted by atomic mass is 10.2. The molecule has 0 spiro atoms. The van der Waals surface area contributed by atoms with E-state index in [-0.39, 0.29) is 19.1 Å². The van der Waals surface area contributed by atoms with Crippen LogP contribution in [0.5, 0.6) is 0 Å². The van der Waals surface area contributed by atoms with Crippen LogP contribution >= 0.6 is 0 Å². The second-order valence-electron chi connectivity index (χ2n) is 5.00. The molecule has 1 N–H and O–H groups in total. The van der Waals surface area contributed by atoms with Crippen LogP contribution in [0.1, 0.15) is 33.6 Å². The van der Waals surface area contributed by atoms with E-state index in [2.05, 4.69) is 9.50 Å². The number of rotatable bonds is 8. The molecule has 108 valence electrons. The lowest BCUT2D eigenvalue weighted by Gasteiger charge is -2.19. The normalized spacial score (nSPS) is 12.4. The van der Waals surface area contributed by atoms with Gasteiger partial charge in [-0.1, -0.05) is 0 Å². The van der Waals surface area contributed by atoms with Crippen molar-refractivity contribution in [1.29, 1.82) is 0 Å². The molecule has 0 aromatic carbocycles. The Balaban J connectivity index is 3.44. The number of hydrogen-bond acceptors (Lipinski definition) is 6. The molecule has 0 heterocycles. The number of hydrogen-bond donors (Lipinski definition) is 1. The van der Waals surface area contributed by atoms with Crippen molar-refractivity contribution in [3.63, 3.8) is 0 Å². The van der Waals surface area contributed by atoms with Gasteiger partial charge in [0.15, 0.2) is 0 Å². The smallest absolute Gasteiger partial charge is 0.320 e. The molecule has 0 unspecified atom stereocenters. The minimum absolute atomic E-state index is 0.157. The van der Waals surface area contributed by atoms with Crippen molar-refractivity contribution in [2.75, 3.05) is 26.0 Å². The summed E-state index contributed by atoms with van der Waals surface area (Å²) in [5.41, 5.74) is -0.470. The summed E-state index contributed by atoms with van der Waals surface area (Å²) >= 11 is 0. The third-order valence-electron chi connectivity index (χ3n) is 1.73. The van der Waals surface area contributed by atoms with Gasteiger partial charge in [-0.05, 0) is 40.2 Å². The van der Waals surface area contributed by atoms with E-state index in [1.807, 2.05) is 20.8 Å². The average Bonchev–Trinajstić information content (AvgIpc) is 2.11. The molecule has 0 fully saturated rings. The first-order valence-electron chi connectivity index (χ1n) is 5.87. The van der Waals surface area contributed by atoms with Gasteiger partial charge < -0.3 is 10.1 Å². The maximum absolute atomic E-state index is 11.3. The summed E-state index contributed by atoms with van der Waals surface area (Å²) < 4.78 is 31.0. The molecule has 0 aromatic rings. The lowest BCUT2D eigenvalue weighted by Crippen LogP contribution is -2.32. The standard InChI is InChI=1S/C11H23NO5S/c1-11(2,3)17-10(13)9-12-7-5-6-8-16-18(4,14)15/h12H,5-9H2,1-4H3. The third kappa shape index (κ3) is 13.4. The SMILES string of the molecule is CC(C)(C)OC(=O)CNCCCCOS(C)(=O)=O. The second kappa shape index (κ2) is 7.70. The zero-order valence-corrected chi connectivity index (χ0v) is 12.3. The van der Waals surface area contributed by atoms with Crippen molar-refractivity contribution in [1.82, 2.24) is 5.32 Å². The Kier molecular flexibility index (Phi) is 7.42. The molecule has 0 aliphatic carbocycles. The van der Waals surface area contributed by atoms with Crippen molar-refractivity contribution in [3.8, 4) is 0 Å². The second-order valence-corrected chi connectivity index (χ2v) is 6.64. The molecule has 18 heavy (non-hydrogen) atoms. The Morgan fingerprint density at radius 3 is 2.33 bits per heavy atom. The number of carbonyl (C=O) groups excluding carboxylic acids is 1. The third-order valence-corrected chi connectivity index (χ3v) is 2.33. The number of carbonyl (C=O) groups is 1. The van der Waals surface area contributed by atoms with Crippen LogP contribution in [0.15, 0.2) is 0 Å². The highest BCUT2D eigenvalue weighted by atomic mass is 32.2. The highest BCUT2D eigenvalue weighted by molar-refractivity contribution is 7.85. The van der Waals surface area contributed by atoms with Gasteiger partial charge in [-0.25, -0.2) is 0 Å². The van der Waals surface area contributed by atoms with Gasteiger partial charge in [-0.2, -0.15) is 8.42 Å². The van der Waals surface area contributed by atoms with Crippen LogP contribution in [0.4, 0.5) is 0 Å². The summed E-state index contributed by atoms with van der Waals surface area (Å²) in [6, 6.07) is 0. The van der Waals surface area contributed by atoms with Crippen LogP contribution in [0.2, 0.25) is 0 Å². The van der Waals surface area contributed by atoms with Crippen LogP contribution in [-0.4, -0.2) is 45.9 Å².